The van der Waals surface area contributed by atoms with Gasteiger partial charge in [-0.25, -0.2) is 4.98 Å². The minimum Gasteiger partial charge on any atom is -0.493 e. The van der Waals surface area contributed by atoms with Gasteiger partial charge in [-0.1, -0.05) is 18.2 Å². The number of aromatic nitrogens is 1. The molecule has 1 aliphatic carbocycles. The van der Waals surface area contributed by atoms with Gasteiger partial charge in [0.25, 0.3) is 6.47 Å². The maximum Gasteiger partial charge on any atom is 0.290 e. The predicted molar refractivity (Wildman–Crippen MR) is 131 cm³/mol. The van der Waals surface area contributed by atoms with Crippen LogP contribution < -0.4 is 14.8 Å². The van der Waals surface area contributed by atoms with Gasteiger partial charge < -0.3 is 24.8 Å². The summed E-state index contributed by atoms with van der Waals surface area (Å²) in [6.45, 7) is 5.02. The zero-order valence-electron chi connectivity index (χ0n) is 19.3. The monoisotopic (exact) mass is 451 g/mol. The molecule has 0 radical (unpaired) electrons. The molecule has 1 aromatic heterocycles. The van der Waals surface area contributed by atoms with Gasteiger partial charge in [0.15, 0.2) is 11.5 Å². The summed E-state index contributed by atoms with van der Waals surface area (Å²) >= 11 is 0. The lowest BCUT2D eigenvalue weighted by Crippen LogP contribution is -2.21. The van der Waals surface area contributed by atoms with Gasteiger partial charge in [0.1, 0.15) is 0 Å². The van der Waals surface area contributed by atoms with Gasteiger partial charge in [-0.05, 0) is 63.2 Å². The number of hydrogen-bond donors (Lipinski definition) is 2. The molecule has 3 aromatic rings. The Morgan fingerprint density at radius 2 is 1.88 bits per heavy atom. The van der Waals surface area contributed by atoms with Gasteiger partial charge in [0.05, 0.1) is 30.4 Å². The third-order valence-electron chi connectivity index (χ3n) is 6.30. The van der Waals surface area contributed by atoms with E-state index in [0.717, 1.165) is 64.4 Å². The van der Waals surface area contributed by atoms with Crippen LogP contribution in [0.2, 0.25) is 0 Å². The molecule has 2 fully saturated rings. The van der Waals surface area contributed by atoms with E-state index in [9.17, 15) is 0 Å². The first-order valence-electron chi connectivity index (χ1n) is 11.8. The second-order valence-corrected chi connectivity index (χ2v) is 8.70. The minimum absolute atomic E-state index is 0.250. The van der Waals surface area contributed by atoms with E-state index in [2.05, 4.69) is 34.5 Å². The van der Waals surface area contributed by atoms with E-state index in [-0.39, 0.29) is 6.47 Å². The normalized spacial score (nSPS) is 15.8. The van der Waals surface area contributed by atoms with Gasteiger partial charge >= 0.3 is 0 Å². The summed E-state index contributed by atoms with van der Waals surface area (Å²) in [5, 5.41) is 12.8. The summed E-state index contributed by atoms with van der Waals surface area (Å²) in [6, 6.07) is 12.5. The molecular weight excluding hydrogens is 418 g/mol. The highest BCUT2D eigenvalue weighted by Crippen LogP contribution is 2.39. The predicted octanol–water partition coefficient (Wildman–Crippen LogP) is 4.78. The van der Waals surface area contributed by atoms with Gasteiger partial charge in [0, 0.05) is 29.9 Å². The highest BCUT2D eigenvalue weighted by Gasteiger charge is 2.22. The Morgan fingerprint density at radius 3 is 2.61 bits per heavy atom. The smallest absolute Gasteiger partial charge is 0.290 e. The Labute approximate surface area is 194 Å². The van der Waals surface area contributed by atoms with Gasteiger partial charge in [-0.2, -0.15) is 0 Å². The van der Waals surface area contributed by atoms with E-state index >= 15 is 0 Å². The van der Waals surface area contributed by atoms with Crippen LogP contribution in [-0.4, -0.2) is 61.4 Å². The number of nitrogens with zero attached hydrogens (tertiary/aromatic N) is 2. The summed E-state index contributed by atoms with van der Waals surface area (Å²) in [5.41, 5.74) is 3.11. The Kier molecular flexibility index (Phi) is 7.83. The van der Waals surface area contributed by atoms with E-state index in [4.69, 9.17) is 24.4 Å². The summed E-state index contributed by atoms with van der Waals surface area (Å²) in [4.78, 5) is 15.8. The number of likely N-dealkylation sites (tertiary alicyclic amines) is 1. The highest BCUT2D eigenvalue weighted by molar-refractivity contribution is 6.08. The van der Waals surface area contributed by atoms with Gasteiger partial charge in [-0.15, -0.1) is 0 Å². The Morgan fingerprint density at radius 1 is 1.12 bits per heavy atom. The number of carbonyl (C=O) groups is 1. The van der Waals surface area contributed by atoms with E-state index < -0.39 is 0 Å². The molecule has 0 unspecified atom stereocenters. The molecule has 2 aromatic carbocycles. The second-order valence-electron chi connectivity index (χ2n) is 8.70. The molecule has 0 amide bonds. The van der Waals surface area contributed by atoms with Crippen molar-refractivity contribution in [1.82, 2.24) is 9.88 Å². The Bertz CT molecular complexity index is 1080. The number of fused-ring (bicyclic) bond motifs is 2. The first kappa shape index (κ1) is 23.1. The van der Waals surface area contributed by atoms with Crippen molar-refractivity contribution in [3.63, 3.8) is 0 Å². The lowest BCUT2D eigenvalue weighted by atomic mass is 10.1. The summed E-state index contributed by atoms with van der Waals surface area (Å²) in [5.74, 6) is 2.35. The summed E-state index contributed by atoms with van der Waals surface area (Å²) in [7, 11) is 1.71. The third-order valence-corrected chi connectivity index (χ3v) is 6.30. The standard InChI is InChI=1S/C25H31N3O2.CH2O2/c1-29-23-15-20-22(16-24(23)30-14-6-13-28-11-4-5-12-28)27-21-8-3-2-7-19(21)25(20)26-17-18-9-10-18;2-1-3/h2-3,7-8,15-16,18H,4-6,9-14,17H2,1H3,(H,26,27);1H,(H,2,3). The number of para-hydroxylation sites is 1. The second kappa shape index (κ2) is 11.2. The van der Waals surface area contributed by atoms with Crippen molar-refractivity contribution in [2.24, 2.45) is 5.92 Å². The molecule has 0 spiro atoms. The average Bonchev–Trinajstić information content (AvgIpc) is 3.52. The molecular formula is C26H33N3O4. The number of hydrogen-bond acceptors (Lipinski definition) is 6. The fraction of sp³-hybridized carbons (Fsp3) is 0.462. The molecule has 2 aliphatic rings. The topological polar surface area (TPSA) is 83.9 Å². The molecule has 176 valence electrons. The fourth-order valence-electron chi connectivity index (χ4n) is 4.41. The first-order valence-corrected chi connectivity index (χ1v) is 11.8. The molecule has 33 heavy (non-hydrogen) atoms. The van der Waals surface area contributed by atoms with Gasteiger partial charge in [-0.3, -0.25) is 4.79 Å². The SMILES string of the molecule is COc1cc2c(NCC3CC3)c3ccccc3nc2cc1OCCCN1CCCC1.O=CO. The van der Waals surface area contributed by atoms with Crippen molar-refractivity contribution in [2.45, 2.75) is 32.1 Å². The molecule has 1 aliphatic heterocycles. The Hall–Kier alpha value is -3.06. The number of nitrogens with one attached hydrogen (secondary N) is 1. The number of benzene rings is 2. The lowest BCUT2D eigenvalue weighted by molar-refractivity contribution is -0.122. The van der Waals surface area contributed by atoms with Crippen LogP contribution in [-0.2, 0) is 4.79 Å². The van der Waals surface area contributed by atoms with Crippen LogP contribution in [0.15, 0.2) is 36.4 Å². The number of anilines is 1. The summed E-state index contributed by atoms with van der Waals surface area (Å²) < 4.78 is 11.8. The molecule has 7 nitrogen and oxygen atoms in total. The van der Waals surface area contributed by atoms with Gasteiger partial charge in [0.2, 0.25) is 0 Å². The van der Waals surface area contributed by atoms with Crippen molar-refractivity contribution in [3.05, 3.63) is 36.4 Å². The van der Waals surface area contributed by atoms with E-state index in [1.165, 1.54) is 38.8 Å². The quantitative estimate of drug-likeness (QED) is 0.275. The maximum absolute atomic E-state index is 8.36. The van der Waals surface area contributed by atoms with E-state index in [1.807, 2.05) is 12.1 Å². The van der Waals surface area contributed by atoms with Crippen LogP contribution in [0.25, 0.3) is 21.8 Å². The van der Waals surface area contributed by atoms with Crippen molar-refractivity contribution in [1.29, 1.82) is 0 Å². The average molecular weight is 452 g/mol. The lowest BCUT2D eigenvalue weighted by Gasteiger charge is -2.17. The van der Waals surface area contributed by atoms with Crippen LogP contribution in [0, 0.1) is 5.92 Å². The van der Waals surface area contributed by atoms with Crippen LogP contribution in [0.5, 0.6) is 11.5 Å². The Balaban J connectivity index is 0.000000821. The van der Waals surface area contributed by atoms with Crippen LogP contribution in [0.3, 0.4) is 0 Å². The molecule has 2 heterocycles. The largest absolute Gasteiger partial charge is 0.493 e. The molecule has 2 N–H and O–H groups in total. The van der Waals surface area contributed by atoms with Crippen molar-refractivity contribution in [2.75, 3.05) is 45.2 Å². The van der Waals surface area contributed by atoms with E-state index in [0.29, 0.717) is 6.61 Å². The number of ether oxygens (including phenoxy) is 2. The summed E-state index contributed by atoms with van der Waals surface area (Å²) in [6.07, 6.45) is 6.34. The number of rotatable bonds is 9. The highest BCUT2D eigenvalue weighted by atomic mass is 16.5. The zero-order valence-corrected chi connectivity index (χ0v) is 19.3. The van der Waals surface area contributed by atoms with Crippen LogP contribution >= 0.6 is 0 Å². The zero-order chi connectivity index (χ0) is 23.0. The van der Waals surface area contributed by atoms with Crippen LogP contribution in [0.4, 0.5) is 5.69 Å². The molecule has 0 bridgehead atoms. The third kappa shape index (κ3) is 5.85. The van der Waals surface area contributed by atoms with E-state index in [1.54, 1.807) is 7.11 Å². The molecule has 0 atom stereocenters. The number of methoxy groups -OCH3 is 1. The number of carboxylic acid groups (broad SMARTS) is 1. The van der Waals surface area contributed by atoms with Crippen molar-refractivity contribution >= 4 is 34.0 Å². The molecule has 1 saturated heterocycles. The maximum atomic E-state index is 8.36. The first-order chi connectivity index (χ1) is 16.2. The molecule has 5 rings (SSSR count). The van der Waals surface area contributed by atoms with Crippen molar-refractivity contribution < 1.29 is 19.4 Å². The van der Waals surface area contributed by atoms with Crippen LogP contribution in [0.1, 0.15) is 32.1 Å². The number of pyridine rings is 1. The fourth-order valence-corrected chi connectivity index (χ4v) is 4.41. The molecule has 1 saturated carbocycles. The van der Waals surface area contributed by atoms with Crippen molar-refractivity contribution in [3.8, 4) is 11.5 Å². The minimum atomic E-state index is -0.250. The molecule has 7 heteroatoms.